The van der Waals surface area contributed by atoms with Gasteiger partial charge >= 0.3 is 18.2 Å². The summed E-state index contributed by atoms with van der Waals surface area (Å²) in [4.78, 5) is 23.2. The van der Waals surface area contributed by atoms with Crippen molar-refractivity contribution in [1.82, 2.24) is 5.32 Å². The third-order valence-electron chi connectivity index (χ3n) is 5.81. The molecule has 1 aliphatic rings. The van der Waals surface area contributed by atoms with Crippen molar-refractivity contribution in [2.45, 2.75) is 18.5 Å². The zero-order valence-electron chi connectivity index (χ0n) is 18.5. The Kier molecular flexibility index (Phi) is 6.91. The van der Waals surface area contributed by atoms with E-state index in [0.29, 0.717) is 6.42 Å². The second-order valence-corrected chi connectivity index (χ2v) is 8.05. The van der Waals surface area contributed by atoms with E-state index in [1.165, 1.54) is 12.1 Å². The molecule has 0 spiro atoms. The molecule has 3 aromatic carbocycles. The van der Waals surface area contributed by atoms with Crippen LogP contribution in [-0.4, -0.2) is 30.3 Å². The minimum absolute atomic E-state index is 0.0513. The largest absolute Gasteiger partial charge is 0.478 e. The van der Waals surface area contributed by atoms with Gasteiger partial charge in [0, 0.05) is 12.5 Å². The molecule has 1 amide bonds. The first-order valence-corrected chi connectivity index (χ1v) is 11.0. The summed E-state index contributed by atoms with van der Waals surface area (Å²) in [6.45, 7) is 0.415. The first-order chi connectivity index (χ1) is 16.8. The molecule has 0 heterocycles. The Morgan fingerprint density at radius 1 is 0.971 bits per heavy atom. The number of nitrogens with one attached hydrogen (secondary N) is 1. The van der Waals surface area contributed by atoms with Gasteiger partial charge in [-0.25, -0.2) is 9.59 Å². The maximum atomic E-state index is 13.1. The Morgan fingerprint density at radius 3 is 2.20 bits per heavy atom. The van der Waals surface area contributed by atoms with E-state index in [9.17, 15) is 22.8 Å². The van der Waals surface area contributed by atoms with Gasteiger partial charge in [-0.05, 0) is 46.4 Å². The van der Waals surface area contributed by atoms with Crippen LogP contribution in [0.2, 0.25) is 0 Å². The van der Waals surface area contributed by atoms with E-state index in [2.05, 4.69) is 5.32 Å². The molecule has 35 heavy (non-hydrogen) atoms. The van der Waals surface area contributed by atoms with E-state index in [0.717, 1.165) is 34.4 Å². The van der Waals surface area contributed by atoms with Crippen LogP contribution < -0.4 is 5.32 Å². The summed E-state index contributed by atoms with van der Waals surface area (Å²) in [5.41, 5.74) is 2.69. The molecule has 0 saturated heterocycles. The standard InChI is InChI=1S/C27H22F3NO4/c28-27(29,30)24-15-17(12-13-22(24)25(32)33)7-5-6-14-31-26(34)35-16-23-20-10-3-1-8-18(20)19-9-2-4-11-21(19)23/h1-5,7-13,15,23H,6,14,16H2,(H,31,34)(H,32,33). The fraction of sp³-hybridized carbons (Fsp3) is 0.185. The number of carbonyl (C=O) groups excluding carboxylic acids is 1. The molecule has 0 saturated carbocycles. The van der Waals surface area contributed by atoms with Crippen molar-refractivity contribution in [3.8, 4) is 11.1 Å². The summed E-state index contributed by atoms with van der Waals surface area (Å²) in [5.74, 6) is -1.69. The molecule has 0 radical (unpaired) electrons. The fourth-order valence-electron chi connectivity index (χ4n) is 4.21. The number of fused-ring (bicyclic) bond motifs is 3. The molecule has 0 fully saturated rings. The Bertz CT molecular complexity index is 1240. The van der Waals surface area contributed by atoms with Crippen molar-refractivity contribution < 1.29 is 32.6 Å². The van der Waals surface area contributed by atoms with Gasteiger partial charge < -0.3 is 15.2 Å². The smallest absolute Gasteiger partial charge is 0.417 e. The molecule has 0 aliphatic heterocycles. The highest BCUT2D eigenvalue weighted by Crippen LogP contribution is 2.44. The Hall–Kier alpha value is -4.07. The molecule has 8 heteroatoms. The number of alkyl halides is 3. The summed E-state index contributed by atoms with van der Waals surface area (Å²) >= 11 is 0. The Labute approximate surface area is 199 Å². The van der Waals surface area contributed by atoms with Gasteiger partial charge in [0.05, 0.1) is 11.1 Å². The van der Waals surface area contributed by atoms with Crippen LogP contribution >= 0.6 is 0 Å². The molecule has 2 N–H and O–H groups in total. The number of benzene rings is 3. The van der Waals surface area contributed by atoms with Gasteiger partial charge in [0.25, 0.3) is 0 Å². The van der Waals surface area contributed by atoms with Crippen molar-refractivity contribution in [2.24, 2.45) is 0 Å². The Morgan fingerprint density at radius 2 is 1.60 bits per heavy atom. The van der Waals surface area contributed by atoms with Crippen LogP contribution in [0.5, 0.6) is 0 Å². The highest BCUT2D eigenvalue weighted by atomic mass is 19.4. The van der Waals surface area contributed by atoms with Crippen molar-refractivity contribution >= 4 is 18.1 Å². The molecule has 0 atom stereocenters. The molecule has 0 aromatic heterocycles. The lowest BCUT2D eigenvalue weighted by Crippen LogP contribution is -2.26. The molecular formula is C27H22F3NO4. The van der Waals surface area contributed by atoms with Crippen LogP contribution in [0.15, 0.2) is 72.8 Å². The lowest BCUT2D eigenvalue weighted by molar-refractivity contribution is -0.138. The maximum Gasteiger partial charge on any atom is 0.417 e. The zero-order chi connectivity index (χ0) is 25.0. The molecule has 0 bridgehead atoms. The summed E-state index contributed by atoms with van der Waals surface area (Å²) in [6, 6.07) is 19.0. The van der Waals surface area contributed by atoms with E-state index in [1.807, 2.05) is 48.5 Å². The second-order valence-electron chi connectivity index (χ2n) is 8.05. The van der Waals surface area contributed by atoms with Crippen molar-refractivity contribution in [2.75, 3.05) is 13.2 Å². The molecular weight excluding hydrogens is 459 g/mol. The number of amides is 1. The van der Waals surface area contributed by atoms with Crippen LogP contribution in [0.4, 0.5) is 18.0 Å². The highest BCUT2D eigenvalue weighted by molar-refractivity contribution is 5.90. The normalized spacial score (nSPS) is 12.9. The Balaban J connectivity index is 1.29. The summed E-state index contributed by atoms with van der Waals surface area (Å²) in [7, 11) is 0. The van der Waals surface area contributed by atoms with Crippen molar-refractivity contribution in [3.63, 3.8) is 0 Å². The number of halogens is 3. The van der Waals surface area contributed by atoms with Crippen LogP contribution in [-0.2, 0) is 10.9 Å². The third kappa shape index (κ3) is 5.37. The second kappa shape index (κ2) is 10.0. The van der Waals surface area contributed by atoms with Crippen LogP contribution in [0, 0.1) is 0 Å². The van der Waals surface area contributed by atoms with E-state index < -0.39 is 29.4 Å². The van der Waals surface area contributed by atoms with Gasteiger partial charge in [-0.1, -0.05) is 66.7 Å². The minimum atomic E-state index is -4.77. The third-order valence-corrected chi connectivity index (χ3v) is 5.81. The number of ether oxygens (including phenoxy) is 1. The lowest BCUT2D eigenvalue weighted by atomic mass is 9.98. The maximum absolute atomic E-state index is 13.1. The molecule has 1 aliphatic carbocycles. The SMILES string of the molecule is O=C(NCCC=Cc1ccc(C(=O)O)c(C(F)(F)F)c1)OCC1c2ccccc2-c2ccccc21. The number of rotatable bonds is 7. The van der Waals surface area contributed by atoms with Gasteiger partial charge in [-0.15, -0.1) is 0 Å². The predicted octanol–water partition coefficient (Wildman–Crippen LogP) is 6.35. The van der Waals surface area contributed by atoms with Gasteiger partial charge in [0.1, 0.15) is 6.61 Å². The monoisotopic (exact) mass is 481 g/mol. The number of hydrogen-bond donors (Lipinski definition) is 2. The van der Waals surface area contributed by atoms with Gasteiger partial charge in [-0.2, -0.15) is 13.2 Å². The zero-order valence-corrected chi connectivity index (χ0v) is 18.5. The van der Waals surface area contributed by atoms with E-state index in [4.69, 9.17) is 9.84 Å². The number of aromatic carboxylic acids is 1. The molecule has 4 rings (SSSR count). The number of carboxylic acids is 1. The number of hydrogen-bond acceptors (Lipinski definition) is 3. The molecule has 5 nitrogen and oxygen atoms in total. The van der Waals surface area contributed by atoms with Crippen molar-refractivity contribution in [1.29, 1.82) is 0 Å². The average Bonchev–Trinajstić information content (AvgIpc) is 3.15. The number of carbonyl (C=O) groups is 2. The fourth-order valence-corrected chi connectivity index (χ4v) is 4.21. The summed E-state index contributed by atoms with van der Waals surface area (Å²) in [5, 5.41) is 11.6. The molecule has 0 unspecified atom stereocenters. The number of alkyl carbamates (subject to hydrolysis) is 1. The van der Waals surface area contributed by atoms with E-state index in [-0.39, 0.29) is 24.6 Å². The molecule has 180 valence electrons. The van der Waals surface area contributed by atoms with E-state index in [1.54, 1.807) is 6.08 Å². The van der Waals surface area contributed by atoms with Crippen LogP contribution in [0.1, 0.15) is 45.0 Å². The highest BCUT2D eigenvalue weighted by Gasteiger charge is 2.35. The minimum Gasteiger partial charge on any atom is -0.478 e. The van der Waals surface area contributed by atoms with Crippen LogP contribution in [0.25, 0.3) is 17.2 Å². The lowest BCUT2D eigenvalue weighted by Gasteiger charge is -2.14. The molecule has 3 aromatic rings. The van der Waals surface area contributed by atoms with Crippen molar-refractivity contribution in [3.05, 3.63) is 101 Å². The van der Waals surface area contributed by atoms with Gasteiger partial charge in [-0.3, -0.25) is 0 Å². The van der Waals surface area contributed by atoms with E-state index >= 15 is 0 Å². The van der Waals surface area contributed by atoms with Crippen LogP contribution in [0.3, 0.4) is 0 Å². The first kappa shape index (κ1) is 24.1. The quantitative estimate of drug-likeness (QED) is 0.386. The van der Waals surface area contributed by atoms with Gasteiger partial charge in [0.2, 0.25) is 0 Å². The number of carboxylic acid groups (broad SMARTS) is 1. The first-order valence-electron chi connectivity index (χ1n) is 11.0. The average molecular weight is 481 g/mol. The van der Waals surface area contributed by atoms with Gasteiger partial charge in [0.15, 0.2) is 0 Å². The summed E-state index contributed by atoms with van der Waals surface area (Å²) < 4.78 is 44.8. The predicted molar refractivity (Wildman–Crippen MR) is 125 cm³/mol. The topological polar surface area (TPSA) is 75.6 Å². The summed E-state index contributed by atoms with van der Waals surface area (Å²) in [6.07, 6.45) is -1.96.